The van der Waals surface area contributed by atoms with Crippen molar-refractivity contribution in [3.63, 3.8) is 0 Å². The third-order valence-corrected chi connectivity index (χ3v) is 2.99. The zero-order valence-corrected chi connectivity index (χ0v) is 11.7. The molecule has 0 aromatic heterocycles. The number of aromatic hydroxyl groups is 1. The van der Waals surface area contributed by atoms with Crippen molar-refractivity contribution in [1.82, 2.24) is 5.32 Å². The van der Waals surface area contributed by atoms with Gasteiger partial charge in [0.2, 0.25) is 5.91 Å². The highest BCUT2D eigenvalue weighted by Gasteiger charge is 2.13. The molecule has 19 heavy (non-hydrogen) atoms. The molecule has 0 bridgehead atoms. The Morgan fingerprint density at radius 2 is 1.95 bits per heavy atom. The first-order chi connectivity index (χ1) is 8.99. The van der Waals surface area contributed by atoms with Gasteiger partial charge >= 0.3 is 0 Å². The van der Waals surface area contributed by atoms with Crippen LogP contribution >= 0.6 is 0 Å². The van der Waals surface area contributed by atoms with Crippen LogP contribution < -0.4 is 11.1 Å². The normalized spacial score (nSPS) is 12.4. The molecular formula is C15H24N2O2. The summed E-state index contributed by atoms with van der Waals surface area (Å²) in [4.78, 5) is 11.8. The van der Waals surface area contributed by atoms with Crippen LogP contribution in [-0.4, -0.2) is 23.6 Å². The van der Waals surface area contributed by atoms with Gasteiger partial charge in [-0.2, -0.15) is 0 Å². The Bertz CT molecular complexity index is 388. The number of phenols is 1. The van der Waals surface area contributed by atoms with Crippen molar-refractivity contribution < 1.29 is 9.90 Å². The van der Waals surface area contributed by atoms with E-state index in [-0.39, 0.29) is 11.7 Å². The maximum absolute atomic E-state index is 11.8. The van der Waals surface area contributed by atoms with Crippen LogP contribution in [0.3, 0.4) is 0 Å². The predicted octanol–water partition coefficient (Wildman–Crippen LogP) is 1.81. The minimum absolute atomic E-state index is 0.114. The standard InChI is InChI=1S/C15H24N2O2/c1-11(2)4-3-9-17-15(19)14(16)10-12-5-7-13(18)8-6-12/h5-8,11,14,18H,3-4,9-10,16H2,1-2H3,(H,17,19)/t14-/m1/s1. The first kappa shape index (κ1) is 15.5. The second-order valence-corrected chi connectivity index (χ2v) is 5.30. The number of benzene rings is 1. The van der Waals surface area contributed by atoms with E-state index in [0.717, 1.165) is 18.4 Å². The molecule has 0 radical (unpaired) electrons. The molecule has 4 heteroatoms. The number of amides is 1. The summed E-state index contributed by atoms with van der Waals surface area (Å²) in [5.74, 6) is 0.759. The molecule has 1 aromatic rings. The fourth-order valence-corrected chi connectivity index (χ4v) is 1.83. The number of nitrogens with one attached hydrogen (secondary N) is 1. The van der Waals surface area contributed by atoms with Gasteiger partial charge in [-0.15, -0.1) is 0 Å². The Morgan fingerprint density at radius 1 is 1.32 bits per heavy atom. The molecule has 1 rings (SSSR count). The van der Waals surface area contributed by atoms with Crippen molar-refractivity contribution >= 4 is 5.91 Å². The van der Waals surface area contributed by atoms with Crippen LogP contribution in [0.5, 0.6) is 5.75 Å². The number of carbonyl (C=O) groups is 1. The molecule has 0 aliphatic carbocycles. The minimum Gasteiger partial charge on any atom is -0.508 e. The van der Waals surface area contributed by atoms with Gasteiger partial charge < -0.3 is 16.2 Å². The van der Waals surface area contributed by atoms with Gasteiger partial charge in [-0.05, 0) is 42.9 Å². The molecule has 1 amide bonds. The van der Waals surface area contributed by atoms with Crippen LogP contribution in [0.4, 0.5) is 0 Å². The van der Waals surface area contributed by atoms with E-state index in [2.05, 4.69) is 19.2 Å². The maximum Gasteiger partial charge on any atom is 0.237 e. The summed E-state index contributed by atoms with van der Waals surface area (Å²) in [6.45, 7) is 5.01. The van der Waals surface area contributed by atoms with Gasteiger partial charge in [0.25, 0.3) is 0 Å². The summed E-state index contributed by atoms with van der Waals surface area (Å²) in [7, 11) is 0. The van der Waals surface area contributed by atoms with Crippen molar-refractivity contribution in [3.8, 4) is 5.75 Å². The van der Waals surface area contributed by atoms with E-state index in [0.29, 0.717) is 18.9 Å². The van der Waals surface area contributed by atoms with Crippen LogP contribution in [0.15, 0.2) is 24.3 Å². The zero-order valence-electron chi connectivity index (χ0n) is 11.7. The second-order valence-electron chi connectivity index (χ2n) is 5.30. The molecule has 0 unspecified atom stereocenters. The molecular weight excluding hydrogens is 240 g/mol. The molecule has 0 fully saturated rings. The molecule has 1 atom stereocenters. The third-order valence-electron chi connectivity index (χ3n) is 2.99. The third kappa shape index (κ3) is 6.25. The van der Waals surface area contributed by atoms with Crippen molar-refractivity contribution in [3.05, 3.63) is 29.8 Å². The van der Waals surface area contributed by atoms with Crippen molar-refractivity contribution in [2.24, 2.45) is 11.7 Å². The summed E-state index contributed by atoms with van der Waals surface area (Å²) in [6.07, 6.45) is 2.57. The Balaban J connectivity index is 2.30. The van der Waals surface area contributed by atoms with Gasteiger partial charge in [0, 0.05) is 6.54 Å². The van der Waals surface area contributed by atoms with Crippen LogP contribution in [0, 0.1) is 5.92 Å². The lowest BCUT2D eigenvalue weighted by Gasteiger charge is -2.13. The van der Waals surface area contributed by atoms with E-state index in [1.165, 1.54) is 0 Å². The highest BCUT2D eigenvalue weighted by Crippen LogP contribution is 2.10. The largest absolute Gasteiger partial charge is 0.508 e. The molecule has 4 nitrogen and oxygen atoms in total. The average molecular weight is 264 g/mol. The number of hydrogen-bond acceptors (Lipinski definition) is 3. The predicted molar refractivity (Wildman–Crippen MR) is 76.9 cm³/mol. The van der Waals surface area contributed by atoms with Gasteiger partial charge in [0.15, 0.2) is 0 Å². The van der Waals surface area contributed by atoms with Crippen LogP contribution in [0.1, 0.15) is 32.3 Å². The fraction of sp³-hybridized carbons (Fsp3) is 0.533. The number of rotatable bonds is 7. The Kier molecular flexibility index (Phi) is 6.36. The van der Waals surface area contributed by atoms with E-state index in [9.17, 15) is 9.90 Å². The molecule has 0 aliphatic rings. The van der Waals surface area contributed by atoms with Gasteiger partial charge in [-0.25, -0.2) is 0 Å². The summed E-state index contributed by atoms with van der Waals surface area (Å²) in [5.41, 5.74) is 6.80. The van der Waals surface area contributed by atoms with Gasteiger partial charge in [0.1, 0.15) is 5.75 Å². The lowest BCUT2D eigenvalue weighted by Crippen LogP contribution is -2.42. The molecule has 4 N–H and O–H groups in total. The van der Waals surface area contributed by atoms with E-state index in [1.54, 1.807) is 24.3 Å². The van der Waals surface area contributed by atoms with Crippen LogP contribution in [-0.2, 0) is 11.2 Å². The highest BCUT2D eigenvalue weighted by atomic mass is 16.3. The summed E-state index contributed by atoms with van der Waals surface area (Å²) >= 11 is 0. The second kappa shape index (κ2) is 7.79. The fourth-order valence-electron chi connectivity index (χ4n) is 1.83. The SMILES string of the molecule is CC(C)CCCNC(=O)[C@H](N)Cc1ccc(O)cc1. The Labute approximate surface area is 115 Å². The van der Waals surface area contributed by atoms with E-state index < -0.39 is 6.04 Å². The van der Waals surface area contributed by atoms with Crippen molar-refractivity contribution in [2.75, 3.05) is 6.54 Å². The summed E-state index contributed by atoms with van der Waals surface area (Å²) in [5, 5.41) is 12.0. The molecule has 0 spiro atoms. The maximum atomic E-state index is 11.8. The van der Waals surface area contributed by atoms with E-state index in [4.69, 9.17) is 5.73 Å². The van der Waals surface area contributed by atoms with E-state index >= 15 is 0 Å². The number of nitrogens with two attached hydrogens (primary N) is 1. The number of phenolic OH excluding ortho intramolecular Hbond substituents is 1. The van der Waals surface area contributed by atoms with Crippen molar-refractivity contribution in [1.29, 1.82) is 0 Å². The smallest absolute Gasteiger partial charge is 0.237 e. The minimum atomic E-state index is -0.538. The average Bonchev–Trinajstić information content (AvgIpc) is 2.36. The lowest BCUT2D eigenvalue weighted by molar-refractivity contribution is -0.122. The number of carbonyl (C=O) groups excluding carboxylic acids is 1. The first-order valence-electron chi connectivity index (χ1n) is 6.80. The molecule has 0 saturated carbocycles. The topological polar surface area (TPSA) is 75.4 Å². The summed E-state index contributed by atoms with van der Waals surface area (Å²) < 4.78 is 0. The first-order valence-corrected chi connectivity index (χ1v) is 6.80. The molecule has 1 aromatic carbocycles. The van der Waals surface area contributed by atoms with E-state index in [1.807, 2.05) is 0 Å². The molecule has 0 saturated heterocycles. The zero-order chi connectivity index (χ0) is 14.3. The monoisotopic (exact) mass is 264 g/mol. The van der Waals surface area contributed by atoms with Crippen LogP contribution in [0.25, 0.3) is 0 Å². The van der Waals surface area contributed by atoms with Gasteiger partial charge in [-0.3, -0.25) is 4.79 Å². The summed E-state index contributed by atoms with van der Waals surface area (Å²) in [6, 6.07) is 6.22. The Morgan fingerprint density at radius 3 is 2.53 bits per heavy atom. The molecule has 0 heterocycles. The molecule has 0 aliphatic heterocycles. The molecule has 106 valence electrons. The Hall–Kier alpha value is -1.55. The lowest BCUT2D eigenvalue weighted by atomic mass is 10.1. The van der Waals surface area contributed by atoms with Gasteiger partial charge in [0.05, 0.1) is 6.04 Å². The highest BCUT2D eigenvalue weighted by molar-refractivity contribution is 5.81. The van der Waals surface area contributed by atoms with Crippen molar-refractivity contribution in [2.45, 2.75) is 39.2 Å². The quantitative estimate of drug-likeness (QED) is 0.657. The number of hydrogen-bond donors (Lipinski definition) is 3. The van der Waals surface area contributed by atoms with Gasteiger partial charge in [-0.1, -0.05) is 26.0 Å². The van der Waals surface area contributed by atoms with Crippen LogP contribution in [0.2, 0.25) is 0 Å².